The molecule has 0 radical (unpaired) electrons. The van der Waals surface area contributed by atoms with Gasteiger partial charge in [-0.1, -0.05) is 23.2 Å². The number of nitrogens with zero attached hydrogens (tertiary/aromatic N) is 3. The molecule has 1 aliphatic rings. The number of nitrogens with one attached hydrogen (secondary N) is 1. The van der Waals surface area contributed by atoms with Crippen LogP contribution in [-0.4, -0.2) is 59.6 Å². The van der Waals surface area contributed by atoms with Crippen LogP contribution in [0.1, 0.15) is 22.6 Å². The van der Waals surface area contributed by atoms with Crippen molar-refractivity contribution in [2.75, 3.05) is 39.4 Å². The molecule has 0 aliphatic carbocycles. The molecule has 1 fully saturated rings. The largest absolute Gasteiger partial charge is 0.379 e. The molecule has 3 rings (SSSR count). The first-order valence-corrected chi connectivity index (χ1v) is 8.74. The monoisotopic (exact) mass is 370 g/mol. The van der Waals surface area contributed by atoms with E-state index in [1.54, 1.807) is 23.6 Å². The number of hydrogen-bond donors (Lipinski definition) is 1. The lowest BCUT2D eigenvalue weighted by Gasteiger charge is -2.26. The van der Waals surface area contributed by atoms with Gasteiger partial charge < -0.3 is 10.1 Å². The first kappa shape index (κ1) is 17.5. The molecule has 8 heteroatoms. The van der Waals surface area contributed by atoms with Gasteiger partial charge in [0.25, 0.3) is 5.91 Å². The van der Waals surface area contributed by atoms with Gasteiger partial charge in [-0.15, -0.1) is 0 Å². The Morgan fingerprint density at radius 1 is 1.38 bits per heavy atom. The summed E-state index contributed by atoms with van der Waals surface area (Å²) in [5.41, 5.74) is 1.64. The number of carbonyl (C=O) groups is 1. The topological polar surface area (TPSA) is 58.9 Å². The van der Waals surface area contributed by atoms with E-state index < -0.39 is 0 Å². The number of morpholine rings is 1. The Morgan fingerprint density at radius 2 is 2.12 bits per heavy atom. The molecule has 1 amide bonds. The van der Waals surface area contributed by atoms with E-state index in [2.05, 4.69) is 15.2 Å². The normalized spacial score (nSPS) is 15.8. The molecule has 0 spiro atoms. The molecule has 0 unspecified atom stereocenters. The number of fused-ring (bicyclic) bond motifs is 1. The van der Waals surface area contributed by atoms with Gasteiger partial charge in [-0.3, -0.25) is 14.1 Å². The molecule has 0 saturated carbocycles. The summed E-state index contributed by atoms with van der Waals surface area (Å²) in [7, 11) is 0. The Kier molecular flexibility index (Phi) is 5.61. The fraction of sp³-hybridized carbons (Fsp3) is 0.500. The van der Waals surface area contributed by atoms with Crippen LogP contribution in [0.4, 0.5) is 0 Å². The minimum atomic E-state index is -0.166. The van der Waals surface area contributed by atoms with Gasteiger partial charge in [-0.25, -0.2) is 4.98 Å². The second-order valence-corrected chi connectivity index (χ2v) is 6.65. The lowest BCUT2D eigenvalue weighted by molar-refractivity contribution is 0.0374. The number of ether oxygens (including phenoxy) is 1. The van der Waals surface area contributed by atoms with Crippen LogP contribution in [0, 0.1) is 6.92 Å². The molecular formula is C16H20Cl2N4O2. The van der Waals surface area contributed by atoms with Gasteiger partial charge in [-0.05, 0) is 26.0 Å². The van der Waals surface area contributed by atoms with Crippen molar-refractivity contribution in [3.05, 3.63) is 33.7 Å². The molecule has 24 heavy (non-hydrogen) atoms. The highest BCUT2D eigenvalue weighted by Crippen LogP contribution is 2.24. The minimum Gasteiger partial charge on any atom is -0.379 e. The molecular weight excluding hydrogens is 351 g/mol. The predicted molar refractivity (Wildman–Crippen MR) is 94.2 cm³/mol. The lowest BCUT2D eigenvalue weighted by Crippen LogP contribution is -2.38. The average molecular weight is 371 g/mol. The Hall–Kier alpha value is -1.34. The Morgan fingerprint density at radius 3 is 2.88 bits per heavy atom. The first-order valence-electron chi connectivity index (χ1n) is 7.98. The van der Waals surface area contributed by atoms with Crippen LogP contribution >= 0.6 is 23.2 Å². The van der Waals surface area contributed by atoms with Crippen LogP contribution in [0.15, 0.2) is 12.3 Å². The summed E-state index contributed by atoms with van der Waals surface area (Å²) in [6.07, 6.45) is 2.55. The highest BCUT2D eigenvalue weighted by Gasteiger charge is 2.18. The van der Waals surface area contributed by atoms with E-state index in [1.807, 2.05) is 0 Å². The lowest BCUT2D eigenvalue weighted by atomic mass is 10.3. The number of carbonyl (C=O) groups excluding carboxylic acids is 1. The number of imidazole rings is 1. The molecule has 3 heterocycles. The molecule has 1 aliphatic heterocycles. The quantitative estimate of drug-likeness (QED) is 0.821. The third-order valence-corrected chi connectivity index (χ3v) is 4.56. The Labute approximate surface area is 150 Å². The standard InChI is InChI=1S/C16H20Cl2N4O2/c1-11-14(22-10-12(17)9-13(18)15(22)20-11)16(23)19-3-2-4-21-5-7-24-8-6-21/h9-10H,2-8H2,1H3,(H,19,23). The second-order valence-electron chi connectivity index (χ2n) is 5.81. The summed E-state index contributed by atoms with van der Waals surface area (Å²) in [4.78, 5) is 19.2. The second kappa shape index (κ2) is 7.70. The number of aromatic nitrogens is 2. The van der Waals surface area contributed by atoms with Crippen LogP contribution in [0.25, 0.3) is 5.65 Å². The molecule has 2 aromatic heterocycles. The van der Waals surface area contributed by atoms with Crippen molar-refractivity contribution in [2.24, 2.45) is 0 Å². The summed E-state index contributed by atoms with van der Waals surface area (Å²) < 4.78 is 6.97. The first-order chi connectivity index (χ1) is 11.6. The third kappa shape index (κ3) is 3.83. The zero-order valence-corrected chi connectivity index (χ0v) is 15.0. The fourth-order valence-electron chi connectivity index (χ4n) is 2.87. The predicted octanol–water partition coefficient (Wildman–Crippen LogP) is 2.40. The van der Waals surface area contributed by atoms with Gasteiger partial charge in [0.2, 0.25) is 0 Å². The smallest absolute Gasteiger partial charge is 0.270 e. The van der Waals surface area contributed by atoms with Gasteiger partial charge in [0.05, 0.1) is 29.0 Å². The average Bonchev–Trinajstić information content (AvgIpc) is 2.89. The summed E-state index contributed by atoms with van der Waals surface area (Å²) in [5.74, 6) is -0.166. The molecule has 6 nitrogen and oxygen atoms in total. The van der Waals surface area contributed by atoms with Gasteiger partial charge in [0.15, 0.2) is 5.65 Å². The highest BCUT2D eigenvalue weighted by atomic mass is 35.5. The zero-order valence-electron chi connectivity index (χ0n) is 13.5. The summed E-state index contributed by atoms with van der Waals surface area (Å²) in [5, 5.41) is 3.84. The number of hydrogen-bond acceptors (Lipinski definition) is 4. The molecule has 1 N–H and O–H groups in total. The maximum Gasteiger partial charge on any atom is 0.270 e. The Balaban J connectivity index is 1.62. The van der Waals surface area contributed by atoms with Crippen LogP contribution in [0.5, 0.6) is 0 Å². The molecule has 0 bridgehead atoms. The van der Waals surface area contributed by atoms with Crippen molar-refractivity contribution in [3.63, 3.8) is 0 Å². The van der Waals surface area contributed by atoms with Crippen LogP contribution in [-0.2, 0) is 4.74 Å². The van der Waals surface area contributed by atoms with Gasteiger partial charge in [0, 0.05) is 25.8 Å². The molecule has 0 aromatic carbocycles. The summed E-state index contributed by atoms with van der Waals surface area (Å²) >= 11 is 12.2. The fourth-order valence-corrected chi connectivity index (χ4v) is 3.39. The summed E-state index contributed by atoms with van der Waals surface area (Å²) in [6.45, 7) is 6.84. The number of rotatable bonds is 5. The van der Waals surface area contributed by atoms with Crippen molar-refractivity contribution in [2.45, 2.75) is 13.3 Å². The van der Waals surface area contributed by atoms with E-state index in [1.165, 1.54) is 0 Å². The van der Waals surface area contributed by atoms with Crippen molar-refractivity contribution in [1.29, 1.82) is 0 Å². The maximum absolute atomic E-state index is 12.5. The van der Waals surface area contributed by atoms with E-state index in [-0.39, 0.29) is 5.91 Å². The van der Waals surface area contributed by atoms with Crippen molar-refractivity contribution >= 4 is 34.8 Å². The maximum atomic E-state index is 12.5. The minimum absolute atomic E-state index is 0.166. The third-order valence-electron chi connectivity index (χ3n) is 4.07. The SMILES string of the molecule is Cc1nc2c(Cl)cc(Cl)cn2c1C(=O)NCCCN1CCOCC1. The zero-order chi connectivity index (χ0) is 17.1. The van der Waals surface area contributed by atoms with Crippen molar-refractivity contribution in [3.8, 4) is 0 Å². The van der Waals surface area contributed by atoms with E-state index in [0.29, 0.717) is 33.6 Å². The van der Waals surface area contributed by atoms with E-state index in [9.17, 15) is 4.79 Å². The molecule has 130 valence electrons. The van der Waals surface area contributed by atoms with Crippen LogP contribution < -0.4 is 5.32 Å². The Bertz CT molecular complexity index is 741. The summed E-state index contributed by atoms with van der Waals surface area (Å²) in [6, 6.07) is 1.62. The number of halogens is 2. The number of amides is 1. The van der Waals surface area contributed by atoms with Gasteiger partial charge in [-0.2, -0.15) is 0 Å². The van der Waals surface area contributed by atoms with E-state index in [4.69, 9.17) is 27.9 Å². The van der Waals surface area contributed by atoms with Crippen LogP contribution in [0.2, 0.25) is 10.0 Å². The van der Waals surface area contributed by atoms with Crippen molar-refractivity contribution < 1.29 is 9.53 Å². The molecule has 0 atom stereocenters. The van der Waals surface area contributed by atoms with E-state index in [0.717, 1.165) is 39.3 Å². The number of aryl methyl sites for hydroxylation is 1. The van der Waals surface area contributed by atoms with Gasteiger partial charge in [0.1, 0.15) is 5.69 Å². The molecule has 2 aromatic rings. The van der Waals surface area contributed by atoms with Crippen molar-refractivity contribution in [1.82, 2.24) is 19.6 Å². The van der Waals surface area contributed by atoms with E-state index >= 15 is 0 Å². The number of pyridine rings is 1. The molecule has 1 saturated heterocycles. The highest BCUT2D eigenvalue weighted by molar-refractivity contribution is 6.36. The van der Waals surface area contributed by atoms with Crippen LogP contribution in [0.3, 0.4) is 0 Å². The van der Waals surface area contributed by atoms with Gasteiger partial charge >= 0.3 is 0 Å².